The Morgan fingerprint density at radius 1 is 1.14 bits per heavy atom. The highest BCUT2D eigenvalue weighted by Crippen LogP contribution is 2.41. The van der Waals surface area contributed by atoms with Crippen molar-refractivity contribution in [2.75, 3.05) is 10.6 Å². The van der Waals surface area contributed by atoms with Crippen molar-refractivity contribution in [2.45, 2.75) is 31.9 Å². The van der Waals surface area contributed by atoms with Gasteiger partial charge in [0.25, 0.3) is 0 Å². The Morgan fingerprint density at radius 3 is 2.77 bits per heavy atom. The highest BCUT2D eigenvalue weighted by atomic mass is 19.2. The van der Waals surface area contributed by atoms with E-state index in [0.717, 1.165) is 11.1 Å². The smallest absolute Gasteiger partial charge is 0.322 e. The SMILES string of the molecule is C[C@H]1c2cc(Oc3ccnc4c3CCC(=O)N4)ccc2O[C@H]1NC(=O)Nc1c(F)ccc(F)c1F. The standard InChI is InChI=1S/C24H19F3N4O4/c1-11-14-10-12(34-18-8-9-28-22-13(18)3-7-19(32)29-22)2-6-17(14)35-23(11)31-24(33)30-21-16(26)5-4-15(25)20(21)27/h2,4-6,8-11,23H,3,7H2,1H3,(H,28,29,32)(H2,30,31,33)/t11-,23+/m0/s1. The molecule has 0 aliphatic carbocycles. The first-order valence-corrected chi connectivity index (χ1v) is 10.8. The van der Waals surface area contributed by atoms with Crippen LogP contribution >= 0.6 is 0 Å². The molecule has 0 radical (unpaired) electrons. The van der Waals surface area contributed by atoms with E-state index < -0.39 is 35.4 Å². The molecule has 3 heterocycles. The number of halogens is 3. The van der Waals surface area contributed by atoms with Gasteiger partial charge in [0.1, 0.15) is 34.6 Å². The van der Waals surface area contributed by atoms with E-state index in [4.69, 9.17) is 9.47 Å². The van der Waals surface area contributed by atoms with Crippen LogP contribution in [0.15, 0.2) is 42.6 Å². The summed E-state index contributed by atoms with van der Waals surface area (Å²) >= 11 is 0. The number of rotatable bonds is 4. The van der Waals surface area contributed by atoms with Crippen molar-refractivity contribution in [3.8, 4) is 17.2 Å². The zero-order chi connectivity index (χ0) is 24.7. The zero-order valence-corrected chi connectivity index (χ0v) is 18.3. The number of carbonyl (C=O) groups is 2. The highest BCUT2D eigenvalue weighted by Gasteiger charge is 2.33. The maximum absolute atomic E-state index is 13.8. The molecule has 2 aliphatic rings. The Labute approximate surface area is 197 Å². The van der Waals surface area contributed by atoms with Crippen molar-refractivity contribution < 1.29 is 32.2 Å². The minimum absolute atomic E-state index is 0.101. The van der Waals surface area contributed by atoms with Gasteiger partial charge < -0.3 is 25.4 Å². The molecule has 0 unspecified atom stereocenters. The third-order valence-electron chi connectivity index (χ3n) is 5.84. The molecule has 0 saturated carbocycles. The van der Waals surface area contributed by atoms with E-state index in [0.29, 0.717) is 48.0 Å². The number of ether oxygens (including phenoxy) is 2. The molecule has 0 fully saturated rings. The summed E-state index contributed by atoms with van der Waals surface area (Å²) in [6.45, 7) is 1.80. The third-order valence-corrected chi connectivity index (χ3v) is 5.84. The molecule has 11 heteroatoms. The van der Waals surface area contributed by atoms with Gasteiger partial charge in [-0.25, -0.2) is 22.9 Å². The summed E-state index contributed by atoms with van der Waals surface area (Å²) in [4.78, 5) is 28.1. The molecule has 5 rings (SSSR count). The summed E-state index contributed by atoms with van der Waals surface area (Å²) in [6.07, 6.45) is 1.54. The van der Waals surface area contributed by atoms with Crippen LogP contribution in [-0.4, -0.2) is 23.2 Å². The van der Waals surface area contributed by atoms with Crippen LogP contribution in [0, 0.1) is 17.5 Å². The Bertz CT molecular complexity index is 1350. The molecule has 2 aliphatic heterocycles. The van der Waals surface area contributed by atoms with Gasteiger partial charge in [-0.3, -0.25) is 4.79 Å². The van der Waals surface area contributed by atoms with Gasteiger partial charge in [0.15, 0.2) is 17.9 Å². The van der Waals surface area contributed by atoms with Crippen LogP contribution in [0.2, 0.25) is 0 Å². The Balaban J connectivity index is 1.29. The number of amides is 3. The Kier molecular flexibility index (Phi) is 5.67. The lowest BCUT2D eigenvalue weighted by Crippen LogP contribution is -2.42. The van der Waals surface area contributed by atoms with E-state index in [1.165, 1.54) is 0 Å². The van der Waals surface area contributed by atoms with Crippen LogP contribution in [0.5, 0.6) is 17.2 Å². The van der Waals surface area contributed by atoms with Crippen molar-refractivity contribution in [1.82, 2.24) is 10.3 Å². The lowest BCUT2D eigenvalue weighted by molar-refractivity contribution is -0.116. The topological polar surface area (TPSA) is 102 Å². The summed E-state index contributed by atoms with van der Waals surface area (Å²) in [7, 11) is 0. The number of hydrogen-bond donors (Lipinski definition) is 3. The van der Waals surface area contributed by atoms with Crippen molar-refractivity contribution >= 4 is 23.4 Å². The third kappa shape index (κ3) is 4.32. The molecule has 0 spiro atoms. The average molecular weight is 484 g/mol. The van der Waals surface area contributed by atoms with E-state index >= 15 is 0 Å². The number of nitrogens with one attached hydrogen (secondary N) is 3. The van der Waals surface area contributed by atoms with Gasteiger partial charge in [0.2, 0.25) is 5.91 Å². The van der Waals surface area contributed by atoms with E-state index in [9.17, 15) is 22.8 Å². The summed E-state index contributed by atoms with van der Waals surface area (Å²) in [5.74, 6) is -2.28. The van der Waals surface area contributed by atoms with Crippen LogP contribution in [0.1, 0.15) is 30.4 Å². The Hall–Kier alpha value is -4.28. The normalized spacial score (nSPS) is 18.1. The maximum Gasteiger partial charge on any atom is 0.322 e. The summed E-state index contributed by atoms with van der Waals surface area (Å²) in [5, 5.41) is 7.21. The number of carbonyl (C=O) groups excluding carboxylic acids is 2. The fraction of sp³-hybridized carbons (Fsp3) is 0.208. The summed E-state index contributed by atoms with van der Waals surface area (Å²) < 4.78 is 52.9. The molecular weight excluding hydrogens is 465 g/mol. The molecule has 8 nitrogen and oxygen atoms in total. The van der Waals surface area contributed by atoms with Gasteiger partial charge in [0.05, 0.1) is 0 Å². The minimum Gasteiger partial charge on any atom is -0.470 e. The van der Waals surface area contributed by atoms with Crippen molar-refractivity contribution in [3.63, 3.8) is 0 Å². The first-order valence-electron chi connectivity index (χ1n) is 10.8. The van der Waals surface area contributed by atoms with Crippen LogP contribution in [-0.2, 0) is 11.2 Å². The summed E-state index contributed by atoms with van der Waals surface area (Å²) in [6, 6.07) is 7.24. The van der Waals surface area contributed by atoms with Crippen LogP contribution in [0.25, 0.3) is 0 Å². The number of benzene rings is 2. The summed E-state index contributed by atoms with van der Waals surface area (Å²) in [5.41, 5.74) is 0.648. The van der Waals surface area contributed by atoms with Gasteiger partial charge in [0, 0.05) is 29.7 Å². The van der Waals surface area contributed by atoms with Gasteiger partial charge in [-0.15, -0.1) is 0 Å². The van der Waals surface area contributed by atoms with Crippen molar-refractivity contribution in [3.05, 3.63) is 71.2 Å². The number of fused-ring (bicyclic) bond motifs is 2. The number of pyridine rings is 1. The molecule has 2 aromatic carbocycles. The molecule has 3 N–H and O–H groups in total. The van der Waals surface area contributed by atoms with E-state index in [-0.39, 0.29) is 11.8 Å². The number of aromatic nitrogens is 1. The van der Waals surface area contributed by atoms with E-state index in [1.54, 1.807) is 37.4 Å². The molecule has 35 heavy (non-hydrogen) atoms. The maximum atomic E-state index is 13.8. The van der Waals surface area contributed by atoms with Crippen LogP contribution < -0.4 is 25.4 Å². The predicted molar refractivity (Wildman–Crippen MR) is 119 cm³/mol. The lowest BCUT2D eigenvalue weighted by atomic mass is 10.0. The molecule has 3 aromatic rings. The van der Waals surface area contributed by atoms with Gasteiger partial charge >= 0.3 is 6.03 Å². The molecule has 2 atom stereocenters. The van der Waals surface area contributed by atoms with Crippen molar-refractivity contribution in [1.29, 1.82) is 0 Å². The second-order valence-corrected chi connectivity index (χ2v) is 8.13. The van der Waals surface area contributed by atoms with Gasteiger partial charge in [-0.2, -0.15) is 0 Å². The zero-order valence-electron chi connectivity index (χ0n) is 18.3. The number of anilines is 2. The van der Waals surface area contributed by atoms with E-state index in [2.05, 4.69) is 15.6 Å². The highest BCUT2D eigenvalue weighted by molar-refractivity contribution is 5.93. The van der Waals surface area contributed by atoms with Crippen LogP contribution in [0.3, 0.4) is 0 Å². The second-order valence-electron chi connectivity index (χ2n) is 8.13. The monoisotopic (exact) mass is 484 g/mol. The van der Waals surface area contributed by atoms with E-state index in [1.807, 2.05) is 5.32 Å². The molecular formula is C24H19F3N4O4. The largest absolute Gasteiger partial charge is 0.470 e. The first kappa shape index (κ1) is 22.5. The molecule has 1 aromatic heterocycles. The fourth-order valence-electron chi connectivity index (χ4n) is 4.01. The minimum atomic E-state index is -1.50. The van der Waals surface area contributed by atoms with Crippen LogP contribution in [0.4, 0.5) is 29.5 Å². The fourth-order valence-corrected chi connectivity index (χ4v) is 4.01. The average Bonchev–Trinajstić information content (AvgIpc) is 3.14. The second kappa shape index (κ2) is 8.82. The number of nitrogens with zero attached hydrogens (tertiary/aromatic N) is 1. The number of hydrogen-bond acceptors (Lipinski definition) is 5. The van der Waals surface area contributed by atoms with Gasteiger partial charge in [-0.1, -0.05) is 6.92 Å². The molecule has 3 amide bonds. The predicted octanol–water partition coefficient (Wildman–Crippen LogP) is 4.82. The molecule has 0 bridgehead atoms. The van der Waals surface area contributed by atoms with Crippen molar-refractivity contribution in [2.24, 2.45) is 0 Å². The van der Waals surface area contributed by atoms with Gasteiger partial charge in [-0.05, 0) is 42.8 Å². The quantitative estimate of drug-likeness (QED) is 0.461. The first-order chi connectivity index (χ1) is 16.8. The number of urea groups is 1. The lowest BCUT2D eigenvalue weighted by Gasteiger charge is -2.19. The Morgan fingerprint density at radius 2 is 1.94 bits per heavy atom. The molecule has 180 valence electrons. The molecule has 0 saturated heterocycles.